The maximum atomic E-state index is 12.5. The highest BCUT2D eigenvalue weighted by atomic mass is 32.2. The fourth-order valence-electron chi connectivity index (χ4n) is 2.87. The number of carbonyl (C=O) groups is 1. The monoisotopic (exact) mass is 390 g/mol. The Kier molecular flexibility index (Phi) is 6.94. The van der Waals surface area contributed by atoms with E-state index < -0.39 is 16.6 Å². The van der Waals surface area contributed by atoms with Gasteiger partial charge in [0.1, 0.15) is 10.6 Å². The maximum absolute atomic E-state index is 12.5. The fourth-order valence-corrected chi connectivity index (χ4v) is 4.31. The van der Waals surface area contributed by atoms with Gasteiger partial charge in [-0.15, -0.1) is 0 Å². The molecule has 1 heterocycles. The van der Waals surface area contributed by atoms with Crippen molar-refractivity contribution in [3.05, 3.63) is 24.3 Å². The van der Waals surface area contributed by atoms with Crippen LogP contribution in [-0.4, -0.2) is 45.0 Å². The Morgan fingerprint density at radius 3 is 2.46 bits per heavy atom. The van der Waals surface area contributed by atoms with Gasteiger partial charge in [0.25, 0.3) is 0 Å². The first-order valence-corrected chi connectivity index (χ1v) is 10.0. The van der Waals surface area contributed by atoms with Crippen molar-refractivity contribution >= 4 is 15.9 Å². The molecule has 1 amide bonds. The van der Waals surface area contributed by atoms with Crippen LogP contribution in [0.1, 0.15) is 33.1 Å². The molecule has 1 aliphatic rings. The van der Waals surface area contributed by atoms with E-state index in [1.165, 1.54) is 24.3 Å². The van der Waals surface area contributed by atoms with Crippen LogP contribution in [0.3, 0.4) is 0 Å². The molecule has 1 aromatic rings. The molecule has 0 bridgehead atoms. The van der Waals surface area contributed by atoms with Gasteiger partial charge in [-0.25, -0.2) is 13.1 Å². The van der Waals surface area contributed by atoms with Crippen LogP contribution >= 0.6 is 0 Å². The largest absolute Gasteiger partial charge is 0.433 e. The molecule has 0 aromatic heterocycles. The highest BCUT2D eigenvalue weighted by Crippen LogP contribution is 2.26. The van der Waals surface area contributed by atoms with E-state index in [-0.39, 0.29) is 28.5 Å². The standard InChI is InChI=1S/C17H24F2N2O4S/c1-12(2)11-16(22)21-9-7-13(8-10-21)20-26(23,24)15-6-4-3-5-14(15)25-17(18)19/h3-6,12-13,17,20H,7-11H2,1-2H3. The van der Waals surface area contributed by atoms with Gasteiger partial charge < -0.3 is 9.64 Å². The lowest BCUT2D eigenvalue weighted by Crippen LogP contribution is -2.46. The summed E-state index contributed by atoms with van der Waals surface area (Å²) in [7, 11) is -4.00. The number of alkyl halides is 2. The van der Waals surface area contributed by atoms with E-state index in [9.17, 15) is 22.0 Å². The van der Waals surface area contributed by atoms with Gasteiger partial charge in [0, 0.05) is 25.6 Å². The van der Waals surface area contributed by atoms with Crippen LogP contribution in [0, 0.1) is 5.92 Å². The number of ether oxygens (including phenoxy) is 1. The zero-order valence-electron chi connectivity index (χ0n) is 14.8. The number of amides is 1. The summed E-state index contributed by atoms with van der Waals surface area (Å²) in [6, 6.07) is 4.92. The molecule has 146 valence electrons. The van der Waals surface area contributed by atoms with E-state index in [1.807, 2.05) is 13.8 Å². The molecule has 0 spiro atoms. The van der Waals surface area contributed by atoms with Crippen molar-refractivity contribution in [1.29, 1.82) is 0 Å². The summed E-state index contributed by atoms with van der Waals surface area (Å²) in [5.41, 5.74) is 0. The summed E-state index contributed by atoms with van der Waals surface area (Å²) < 4.78 is 56.9. The Labute approximate surface area is 152 Å². The molecule has 9 heteroatoms. The molecule has 0 saturated carbocycles. The van der Waals surface area contributed by atoms with Gasteiger partial charge in [-0.1, -0.05) is 26.0 Å². The number of para-hydroxylation sites is 1. The maximum Gasteiger partial charge on any atom is 0.387 e. The van der Waals surface area contributed by atoms with Gasteiger partial charge in [0.15, 0.2) is 0 Å². The summed E-state index contributed by atoms with van der Waals surface area (Å²) in [5.74, 6) is -0.0541. The van der Waals surface area contributed by atoms with Gasteiger partial charge in [-0.05, 0) is 30.9 Å². The number of nitrogens with zero attached hydrogens (tertiary/aromatic N) is 1. The molecule has 1 fully saturated rings. The van der Waals surface area contributed by atoms with Crippen molar-refractivity contribution in [3.8, 4) is 5.75 Å². The minimum atomic E-state index is -4.00. The molecular weight excluding hydrogens is 366 g/mol. The molecule has 0 aliphatic carbocycles. The molecule has 0 atom stereocenters. The molecule has 2 rings (SSSR count). The first-order chi connectivity index (χ1) is 12.2. The predicted octanol–water partition coefficient (Wildman–Crippen LogP) is 2.60. The number of piperidine rings is 1. The lowest BCUT2D eigenvalue weighted by Gasteiger charge is -2.32. The van der Waals surface area contributed by atoms with Gasteiger partial charge in [0.05, 0.1) is 0 Å². The number of hydrogen-bond donors (Lipinski definition) is 1. The lowest BCUT2D eigenvalue weighted by atomic mass is 10.0. The normalized spacial score (nSPS) is 16.3. The van der Waals surface area contributed by atoms with E-state index in [4.69, 9.17) is 0 Å². The van der Waals surface area contributed by atoms with Gasteiger partial charge >= 0.3 is 6.61 Å². The average molecular weight is 390 g/mol. The second-order valence-corrected chi connectivity index (χ2v) is 8.38. The number of halogens is 2. The number of hydrogen-bond acceptors (Lipinski definition) is 4. The fraction of sp³-hybridized carbons (Fsp3) is 0.588. The van der Waals surface area contributed by atoms with Crippen molar-refractivity contribution in [2.45, 2.75) is 50.7 Å². The van der Waals surface area contributed by atoms with Crippen molar-refractivity contribution < 1.29 is 26.7 Å². The molecule has 6 nitrogen and oxygen atoms in total. The minimum Gasteiger partial charge on any atom is -0.433 e. The quantitative estimate of drug-likeness (QED) is 0.777. The third kappa shape index (κ3) is 5.63. The summed E-state index contributed by atoms with van der Waals surface area (Å²) >= 11 is 0. The molecule has 0 radical (unpaired) electrons. The second kappa shape index (κ2) is 8.77. The zero-order chi connectivity index (χ0) is 19.3. The Bertz CT molecular complexity index is 717. The zero-order valence-corrected chi connectivity index (χ0v) is 15.6. The van der Waals surface area contributed by atoms with Crippen LogP contribution in [0.4, 0.5) is 8.78 Å². The van der Waals surface area contributed by atoms with Crippen LogP contribution in [0.2, 0.25) is 0 Å². The van der Waals surface area contributed by atoms with E-state index >= 15 is 0 Å². The Morgan fingerprint density at radius 1 is 1.27 bits per heavy atom. The number of sulfonamides is 1. The third-order valence-electron chi connectivity index (χ3n) is 4.11. The minimum absolute atomic E-state index is 0.0667. The number of likely N-dealkylation sites (tertiary alicyclic amines) is 1. The van der Waals surface area contributed by atoms with E-state index in [0.29, 0.717) is 32.4 Å². The first kappa shape index (κ1) is 20.6. The molecule has 26 heavy (non-hydrogen) atoms. The van der Waals surface area contributed by atoms with Gasteiger partial charge in [-0.2, -0.15) is 8.78 Å². The third-order valence-corrected chi connectivity index (χ3v) is 5.67. The van der Waals surface area contributed by atoms with Gasteiger partial charge in [-0.3, -0.25) is 4.79 Å². The Morgan fingerprint density at radius 2 is 1.88 bits per heavy atom. The average Bonchev–Trinajstić information content (AvgIpc) is 2.54. The second-order valence-electron chi connectivity index (χ2n) is 6.70. The van der Waals surface area contributed by atoms with Crippen LogP contribution in [-0.2, 0) is 14.8 Å². The van der Waals surface area contributed by atoms with Crippen molar-refractivity contribution in [1.82, 2.24) is 9.62 Å². The molecular formula is C17H24F2N2O4S. The highest BCUT2D eigenvalue weighted by molar-refractivity contribution is 7.89. The smallest absolute Gasteiger partial charge is 0.387 e. The predicted molar refractivity (Wildman–Crippen MR) is 92.5 cm³/mol. The highest BCUT2D eigenvalue weighted by Gasteiger charge is 2.28. The molecule has 1 aromatic carbocycles. The summed E-state index contributed by atoms with van der Waals surface area (Å²) in [4.78, 5) is 13.5. The van der Waals surface area contributed by atoms with E-state index in [1.54, 1.807) is 4.90 Å². The number of benzene rings is 1. The Hall–Kier alpha value is -1.74. The number of carbonyl (C=O) groups excluding carboxylic acids is 1. The molecule has 1 aliphatic heterocycles. The van der Waals surface area contributed by atoms with Crippen molar-refractivity contribution in [2.75, 3.05) is 13.1 Å². The summed E-state index contributed by atoms with van der Waals surface area (Å²) in [5, 5.41) is 0. The van der Waals surface area contributed by atoms with E-state index in [2.05, 4.69) is 9.46 Å². The number of rotatable bonds is 7. The molecule has 0 unspecified atom stereocenters. The topological polar surface area (TPSA) is 75.7 Å². The number of nitrogens with one attached hydrogen (secondary N) is 1. The van der Waals surface area contributed by atoms with Crippen LogP contribution < -0.4 is 9.46 Å². The van der Waals surface area contributed by atoms with Crippen LogP contribution in [0.15, 0.2) is 29.2 Å². The molecule has 1 saturated heterocycles. The summed E-state index contributed by atoms with van der Waals surface area (Å²) in [6.45, 7) is 1.76. The van der Waals surface area contributed by atoms with Crippen LogP contribution in [0.25, 0.3) is 0 Å². The summed E-state index contributed by atoms with van der Waals surface area (Å²) in [6.07, 6.45) is 1.41. The Balaban J connectivity index is 2.00. The van der Waals surface area contributed by atoms with Gasteiger partial charge in [0.2, 0.25) is 15.9 Å². The van der Waals surface area contributed by atoms with Crippen molar-refractivity contribution in [3.63, 3.8) is 0 Å². The molecule has 1 N–H and O–H groups in total. The van der Waals surface area contributed by atoms with Crippen LogP contribution in [0.5, 0.6) is 5.75 Å². The van der Waals surface area contributed by atoms with E-state index in [0.717, 1.165) is 0 Å². The van der Waals surface area contributed by atoms with Crippen molar-refractivity contribution in [2.24, 2.45) is 5.92 Å². The first-order valence-electron chi connectivity index (χ1n) is 8.53. The SMILES string of the molecule is CC(C)CC(=O)N1CCC(NS(=O)(=O)c2ccccc2OC(F)F)CC1. The lowest BCUT2D eigenvalue weighted by molar-refractivity contribution is -0.133.